The summed E-state index contributed by atoms with van der Waals surface area (Å²) in [7, 11) is 0. The van der Waals surface area contributed by atoms with E-state index >= 15 is 0 Å². The normalized spacial score (nSPS) is 20.2. The summed E-state index contributed by atoms with van der Waals surface area (Å²) in [4.78, 5) is 0. The first kappa shape index (κ1) is 8.61. The lowest BCUT2D eigenvalue weighted by Gasteiger charge is -2.06. The molecule has 70 valence electrons. The zero-order chi connectivity index (χ0) is 9.42. The largest absolute Gasteiger partial charge is 0.490 e. The van der Waals surface area contributed by atoms with Crippen molar-refractivity contribution in [2.75, 3.05) is 0 Å². The molecule has 0 saturated carbocycles. The van der Waals surface area contributed by atoms with E-state index in [0.29, 0.717) is 12.0 Å². The molecule has 1 aliphatic rings. The zero-order valence-corrected chi connectivity index (χ0v) is 8.50. The second-order valence-electron chi connectivity index (χ2n) is 4.15. The molecule has 1 aliphatic heterocycles. The van der Waals surface area contributed by atoms with Gasteiger partial charge in [-0.2, -0.15) is 0 Å². The molecule has 1 atom stereocenters. The van der Waals surface area contributed by atoms with Crippen molar-refractivity contribution in [2.24, 2.45) is 0 Å². The van der Waals surface area contributed by atoms with Crippen LogP contribution in [-0.2, 0) is 6.42 Å². The molecule has 0 fully saturated rings. The fourth-order valence-electron chi connectivity index (χ4n) is 1.80. The number of hydrogen-bond donors (Lipinski definition) is 0. The van der Waals surface area contributed by atoms with Gasteiger partial charge in [-0.15, -0.1) is 0 Å². The minimum Gasteiger partial charge on any atom is -0.490 e. The topological polar surface area (TPSA) is 9.23 Å². The van der Waals surface area contributed by atoms with E-state index in [1.165, 1.54) is 11.1 Å². The number of fused-ring (bicyclic) bond motifs is 1. The Morgan fingerprint density at radius 1 is 1.38 bits per heavy atom. The monoisotopic (exact) mass is 176 g/mol. The first-order valence-electron chi connectivity index (χ1n) is 4.96. The molecule has 0 bridgehead atoms. The molecular weight excluding hydrogens is 160 g/mol. The third-order valence-corrected chi connectivity index (χ3v) is 2.59. The number of benzene rings is 1. The molecule has 1 heterocycles. The average molecular weight is 176 g/mol. The van der Waals surface area contributed by atoms with Crippen LogP contribution in [0.1, 0.15) is 37.8 Å². The lowest BCUT2D eigenvalue weighted by Crippen LogP contribution is -2.05. The minimum absolute atomic E-state index is 0.359. The van der Waals surface area contributed by atoms with Crippen molar-refractivity contribution in [3.63, 3.8) is 0 Å². The molecule has 1 heteroatoms. The van der Waals surface area contributed by atoms with E-state index < -0.39 is 0 Å². The summed E-state index contributed by atoms with van der Waals surface area (Å²) in [5.41, 5.74) is 2.79. The van der Waals surface area contributed by atoms with Crippen LogP contribution in [0.15, 0.2) is 18.2 Å². The predicted molar refractivity (Wildman–Crippen MR) is 54.3 cm³/mol. The van der Waals surface area contributed by atoms with Crippen molar-refractivity contribution in [1.82, 2.24) is 0 Å². The van der Waals surface area contributed by atoms with Gasteiger partial charge in [-0.25, -0.2) is 0 Å². The quantitative estimate of drug-likeness (QED) is 0.638. The Bertz CT molecular complexity index is 315. The Hall–Kier alpha value is -0.980. The van der Waals surface area contributed by atoms with Gasteiger partial charge in [0, 0.05) is 6.42 Å². The summed E-state index contributed by atoms with van der Waals surface area (Å²) >= 11 is 0. The fourth-order valence-corrected chi connectivity index (χ4v) is 1.80. The van der Waals surface area contributed by atoms with E-state index in [4.69, 9.17) is 4.74 Å². The maximum atomic E-state index is 5.64. The van der Waals surface area contributed by atoms with Crippen molar-refractivity contribution < 1.29 is 4.74 Å². The van der Waals surface area contributed by atoms with Gasteiger partial charge in [-0.3, -0.25) is 0 Å². The number of ether oxygens (including phenoxy) is 1. The molecule has 0 unspecified atom stereocenters. The van der Waals surface area contributed by atoms with Crippen LogP contribution < -0.4 is 4.74 Å². The molecule has 0 aromatic heterocycles. The molecule has 0 aliphatic carbocycles. The molecule has 1 aromatic rings. The second kappa shape index (κ2) is 3.06. The van der Waals surface area contributed by atoms with E-state index in [-0.39, 0.29) is 0 Å². The first-order valence-corrected chi connectivity index (χ1v) is 4.96. The molecule has 0 N–H and O–H groups in total. The standard InChI is InChI=1S/C12H16O/c1-8(2)10-4-5-12-11(7-10)6-9(3)13-12/h4-5,7-9H,6H2,1-3H3/t9-/m0/s1. The summed E-state index contributed by atoms with van der Waals surface area (Å²) in [5.74, 6) is 1.69. The molecular formula is C12H16O. The maximum Gasteiger partial charge on any atom is 0.123 e. The Morgan fingerprint density at radius 3 is 2.85 bits per heavy atom. The fraction of sp³-hybridized carbons (Fsp3) is 0.500. The van der Waals surface area contributed by atoms with Gasteiger partial charge in [0.05, 0.1) is 0 Å². The van der Waals surface area contributed by atoms with Gasteiger partial charge >= 0.3 is 0 Å². The van der Waals surface area contributed by atoms with Gasteiger partial charge in [0.15, 0.2) is 0 Å². The highest BCUT2D eigenvalue weighted by Crippen LogP contribution is 2.31. The highest BCUT2D eigenvalue weighted by Gasteiger charge is 2.19. The number of rotatable bonds is 1. The van der Waals surface area contributed by atoms with E-state index in [0.717, 1.165) is 12.2 Å². The summed E-state index contributed by atoms with van der Waals surface area (Å²) in [6, 6.07) is 6.55. The zero-order valence-electron chi connectivity index (χ0n) is 8.50. The first-order chi connectivity index (χ1) is 6.16. The summed E-state index contributed by atoms with van der Waals surface area (Å²) in [6.45, 7) is 6.57. The van der Waals surface area contributed by atoms with Gasteiger partial charge in [-0.05, 0) is 30.0 Å². The van der Waals surface area contributed by atoms with Crippen molar-refractivity contribution in [2.45, 2.75) is 39.2 Å². The predicted octanol–water partition coefficient (Wildman–Crippen LogP) is 3.13. The highest BCUT2D eigenvalue weighted by atomic mass is 16.5. The van der Waals surface area contributed by atoms with Crippen LogP contribution in [0, 0.1) is 0 Å². The van der Waals surface area contributed by atoms with Gasteiger partial charge in [0.1, 0.15) is 11.9 Å². The van der Waals surface area contributed by atoms with Crippen LogP contribution in [-0.4, -0.2) is 6.10 Å². The second-order valence-corrected chi connectivity index (χ2v) is 4.15. The Morgan fingerprint density at radius 2 is 2.15 bits per heavy atom. The van der Waals surface area contributed by atoms with Crippen molar-refractivity contribution >= 4 is 0 Å². The summed E-state index contributed by atoms with van der Waals surface area (Å²) in [6.07, 6.45) is 1.42. The molecule has 1 aromatic carbocycles. The molecule has 0 saturated heterocycles. The van der Waals surface area contributed by atoms with Crippen LogP contribution in [0.2, 0.25) is 0 Å². The SMILES string of the molecule is CC(C)c1ccc2c(c1)C[C@H](C)O2. The van der Waals surface area contributed by atoms with Crippen molar-refractivity contribution in [3.05, 3.63) is 29.3 Å². The Balaban J connectivity index is 2.35. The molecule has 2 rings (SSSR count). The van der Waals surface area contributed by atoms with Gasteiger partial charge < -0.3 is 4.74 Å². The lowest BCUT2D eigenvalue weighted by molar-refractivity contribution is 0.254. The van der Waals surface area contributed by atoms with Crippen LogP contribution in [0.25, 0.3) is 0 Å². The molecule has 13 heavy (non-hydrogen) atoms. The number of hydrogen-bond acceptors (Lipinski definition) is 1. The third kappa shape index (κ3) is 1.55. The van der Waals surface area contributed by atoms with Crippen LogP contribution in [0.5, 0.6) is 5.75 Å². The van der Waals surface area contributed by atoms with E-state index in [2.05, 4.69) is 39.0 Å². The summed E-state index contributed by atoms with van der Waals surface area (Å²) in [5, 5.41) is 0. The van der Waals surface area contributed by atoms with Crippen molar-refractivity contribution in [1.29, 1.82) is 0 Å². The van der Waals surface area contributed by atoms with Gasteiger partial charge in [0.2, 0.25) is 0 Å². The molecule has 1 nitrogen and oxygen atoms in total. The van der Waals surface area contributed by atoms with Crippen LogP contribution in [0.3, 0.4) is 0 Å². The van der Waals surface area contributed by atoms with Crippen LogP contribution in [0.4, 0.5) is 0 Å². The highest BCUT2D eigenvalue weighted by molar-refractivity contribution is 5.41. The Labute approximate surface area is 79.7 Å². The van der Waals surface area contributed by atoms with Crippen molar-refractivity contribution in [3.8, 4) is 5.75 Å². The Kier molecular flexibility index (Phi) is 2.03. The minimum atomic E-state index is 0.359. The molecule has 0 amide bonds. The summed E-state index contributed by atoms with van der Waals surface area (Å²) < 4.78 is 5.64. The lowest BCUT2D eigenvalue weighted by atomic mass is 9.99. The smallest absolute Gasteiger partial charge is 0.123 e. The molecule has 0 spiro atoms. The molecule has 0 radical (unpaired) electrons. The van der Waals surface area contributed by atoms with Gasteiger partial charge in [0.25, 0.3) is 0 Å². The van der Waals surface area contributed by atoms with E-state index in [1.54, 1.807) is 0 Å². The van der Waals surface area contributed by atoms with E-state index in [9.17, 15) is 0 Å². The van der Waals surface area contributed by atoms with Gasteiger partial charge in [-0.1, -0.05) is 26.0 Å². The average Bonchev–Trinajstić information content (AvgIpc) is 2.42. The van der Waals surface area contributed by atoms with E-state index in [1.807, 2.05) is 0 Å². The maximum absolute atomic E-state index is 5.64. The van der Waals surface area contributed by atoms with Crippen LogP contribution >= 0.6 is 0 Å². The third-order valence-electron chi connectivity index (χ3n) is 2.59.